The molecule has 1 aromatic rings. The van der Waals surface area contributed by atoms with Gasteiger partial charge in [-0.05, 0) is 12.5 Å². The van der Waals surface area contributed by atoms with E-state index in [2.05, 4.69) is 0 Å². The predicted molar refractivity (Wildman–Crippen MR) is 60.2 cm³/mol. The van der Waals surface area contributed by atoms with Crippen LogP contribution in [0.2, 0.25) is 0 Å². The van der Waals surface area contributed by atoms with Crippen molar-refractivity contribution in [1.29, 1.82) is 0 Å². The van der Waals surface area contributed by atoms with Gasteiger partial charge in [0.2, 0.25) is 6.41 Å². The average Bonchev–Trinajstić information content (AvgIpc) is 2.35. The molecule has 1 aromatic carbocycles. The highest BCUT2D eigenvalue weighted by atomic mass is 16.4. The highest BCUT2D eigenvalue weighted by Gasteiger charge is 2.25. The van der Waals surface area contributed by atoms with E-state index in [0.29, 0.717) is 6.41 Å². The smallest absolute Gasteiger partial charge is 0.374 e. The molecule has 0 radical (unpaired) electrons. The lowest BCUT2D eigenvalue weighted by molar-refractivity contribution is -0.152. The molecular weight excluding hydrogens is 222 g/mol. The number of ketones is 1. The molecule has 0 aliphatic rings. The van der Waals surface area contributed by atoms with Gasteiger partial charge in [-0.15, -0.1) is 0 Å². The zero-order valence-corrected chi connectivity index (χ0v) is 9.37. The second kappa shape index (κ2) is 5.79. The van der Waals surface area contributed by atoms with Crippen molar-refractivity contribution in [1.82, 2.24) is 4.90 Å². The Kier molecular flexibility index (Phi) is 4.39. The third-order valence-corrected chi connectivity index (χ3v) is 2.43. The first-order valence-corrected chi connectivity index (χ1v) is 5.08. The molecule has 90 valence electrons. The molecule has 0 spiro atoms. The minimum absolute atomic E-state index is 0.213. The number of carboxylic acids is 1. The number of carboxylic acid groups (broad SMARTS) is 1. The van der Waals surface area contributed by atoms with Gasteiger partial charge in [-0.3, -0.25) is 9.59 Å². The number of Topliss-reactive ketones (excluding diaryl/α,β-unsaturated/α-hetero) is 1. The van der Waals surface area contributed by atoms with Gasteiger partial charge in [0.15, 0.2) is 0 Å². The van der Waals surface area contributed by atoms with E-state index in [-0.39, 0.29) is 6.54 Å². The van der Waals surface area contributed by atoms with Crippen LogP contribution in [0.5, 0.6) is 0 Å². The van der Waals surface area contributed by atoms with Gasteiger partial charge in [0, 0.05) is 6.54 Å². The highest BCUT2D eigenvalue weighted by molar-refractivity contribution is 6.34. The molecule has 0 fully saturated rings. The van der Waals surface area contributed by atoms with Crippen molar-refractivity contribution in [2.24, 2.45) is 0 Å². The highest BCUT2D eigenvalue weighted by Crippen LogP contribution is 2.07. The Bertz CT molecular complexity index is 416. The molecule has 1 rings (SSSR count). The van der Waals surface area contributed by atoms with Crippen molar-refractivity contribution in [3.63, 3.8) is 0 Å². The first kappa shape index (κ1) is 12.9. The summed E-state index contributed by atoms with van der Waals surface area (Å²) in [4.78, 5) is 33.8. The lowest BCUT2D eigenvalue weighted by Gasteiger charge is -2.22. The Labute approximate surface area is 98.7 Å². The molecule has 0 aliphatic heterocycles. The molecule has 1 amide bonds. The zero-order valence-electron chi connectivity index (χ0n) is 9.37. The standard InChI is InChI=1S/C12H13NO4/c1-9(11(15)12(16)17)13(8-14)7-10-5-3-2-4-6-10/h2-6,8-9H,7H2,1H3,(H,16,17). The number of carbonyl (C=O) groups excluding carboxylic acids is 2. The summed E-state index contributed by atoms with van der Waals surface area (Å²) in [6.07, 6.45) is 0.485. The lowest BCUT2D eigenvalue weighted by atomic mass is 10.1. The van der Waals surface area contributed by atoms with E-state index in [1.807, 2.05) is 18.2 Å². The maximum absolute atomic E-state index is 11.2. The largest absolute Gasteiger partial charge is 0.475 e. The fourth-order valence-electron chi connectivity index (χ4n) is 1.39. The molecule has 0 heterocycles. The van der Waals surface area contributed by atoms with Crippen LogP contribution in [0.25, 0.3) is 0 Å². The van der Waals surface area contributed by atoms with Gasteiger partial charge in [0.05, 0.1) is 6.04 Å². The lowest BCUT2D eigenvalue weighted by Crippen LogP contribution is -2.40. The predicted octanol–water partition coefficient (Wildman–Crippen LogP) is 0.687. The van der Waals surface area contributed by atoms with Gasteiger partial charge in [-0.2, -0.15) is 0 Å². The van der Waals surface area contributed by atoms with Crippen LogP contribution in [-0.2, 0) is 20.9 Å². The quantitative estimate of drug-likeness (QED) is 0.581. The summed E-state index contributed by atoms with van der Waals surface area (Å²) in [6, 6.07) is 8.08. The maximum atomic E-state index is 11.2. The molecule has 5 nitrogen and oxygen atoms in total. The van der Waals surface area contributed by atoms with Crippen LogP contribution in [-0.4, -0.2) is 34.2 Å². The number of hydrogen-bond donors (Lipinski definition) is 1. The Balaban J connectivity index is 2.76. The number of aliphatic carboxylic acids is 1. The molecule has 0 bridgehead atoms. The molecule has 0 saturated carbocycles. The third-order valence-electron chi connectivity index (χ3n) is 2.43. The minimum Gasteiger partial charge on any atom is -0.475 e. The van der Waals surface area contributed by atoms with Crippen LogP contribution in [0.15, 0.2) is 30.3 Å². The molecule has 1 unspecified atom stereocenters. The number of nitrogens with zero attached hydrogens (tertiary/aromatic N) is 1. The molecule has 0 aromatic heterocycles. The van der Waals surface area contributed by atoms with Gasteiger partial charge >= 0.3 is 5.97 Å². The van der Waals surface area contributed by atoms with Gasteiger partial charge in [-0.1, -0.05) is 30.3 Å². The Morgan fingerprint density at radius 1 is 1.35 bits per heavy atom. The van der Waals surface area contributed by atoms with Crippen molar-refractivity contribution in [3.8, 4) is 0 Å². The number of rotatable bonds is 6. The van der Waals surface area contributed by atoms with E-state index in [0.717, 1.165) is 10.5 Å². The van der Waals surface area contributed by atoms with Crippen molar-refractivity contribution in [2.75, 3.05) is 0 Å². The van der Waals surface area contributed by atoms with E-state index in [9.17, 15) is 14.4 Å². The van der Waals surface area contributed by atoms with Crippen LogP contribution in [0.1, 0.15) is 12.5 Å². The van der Waals surface area contributed by atoms with E-state index in [1.165, 1.54) is 6.92 Å². The van der Waals surface area contributed by atoms with E-state index in [4.69, 9.17) is 5.11 Å². The molecule has 1 N–H and O–H groups in total. The Morgan fingerprint density at radius 2 is 1.94 bits per heavy atom. The average molecular weight is 235 g/mol. The summed E-state index contributed by atoms with van der Waals surface area (Å²) in [5.41, 5.74) is 0.838. The number of benzene rings is 1. The monoisotopic (exact) mass is 235 g/mol. The van der Waals surface area contributed by atoms with E-state index < -0.39 is 17.8 Å². The van der Waals surface area contributed by atoms with Crippen LogP contribution < -0.4 is 0 Å². The van der Waals surface area contributed by atoms with Crippen molar-refractivity contribution in [3.05, 3.63) is 35.9 Å². The fourth-order valence-corrected chi connectivity index (χ4v) is 1.39. The van der Waals surface area contributed by atoms with E-state index >= 15 is 0 Å². The third kappa shape index (κ3) is 3.41. The maximum Gasteiger partial charge on any atom is 0.374 e. The normalized spacial score (nSPS) is 11.6. The topological polar surface area (TPSA) is 74.7 Å². The van der Waals surface area contributed by atoms with Gasteiger partial charge in [-0.25, -0.2) is 4.79 Å². The second-order valence-electron chi connectivity index (χ2n) is 3.61. The molecular formula is C12H13NO4. The van der Waals surface area contributed by atoms with Crippen molar-refractivity contribution < 1.29 is 19.5 Å². The first-order chi connectivity index (χ1) is 8.06. The summed E-state index contributed by atoms with van der Waals surface area (Å²) in [7, 11) is 0. The van der Waals surface area contributed by atoms with Crippen LogP contribution in [0.3, 0.4) is 0 Å². The van der Waals surface area contributed by atoms with Crippen LogP contribution in [0, 0.1) is 0 Å². The first-order valence-electron chi connectivity index (χ1n) is 5.08. The minimum atomic E-state index is -1.53. The van der Waals surface area contributed by atoms with Gasteiger partial charge in [0.1, 0.15) is 0 Å². The summed E-state index contributed by atoms with van der Waals surface area (Å²) in [6.45, 7) is 1.61. The molecule has 17 heavy (non-hydrogen) atoms. The van der Waals surface area contributed by atoms with E-state index in [1.54, 1.807) is 12.1 Å². The molecule has 1 atom stereocenters. The summed E-state index contributed by atoms with van der Waals surface area (Å²) in [5, 5.41) is 8.57. The van der Waals surface area contributed by atoms with Gasteiger partial charge in [0.25, 0.3) is 5.78 Å². The summed E-state index contributed by atoms with van der Waals surface area (Å²) < 4.78 is 0. The number of hydrogen-bond acceptors (Lipinski definition) is 3. The summed E-state index contributed by atoms with van der Waals surface area (Å²) >= 11 is 0. The van der Waals surface area contributed by atoms with Crippen LogP contribution >= 0.6 is 0 Å². The molecule has 5 heteroatoms. The Morgan fingerprint density at radius 3 is 2.41 bits per heavy atom. The number of carbonyl (C=O) groups is 3. The second-order valence-corrected chi connectivity index (χ2v) is 3.61. The molecule has 0 aliphatic carbocycles. The Hall–Kier alpha value is -2.17. The van der Waals surface area contributed by atoms with Crippen molar-refractivity contribution >= 4 is 18.2 Å². The zero-order chi connectivity index (χ0) is 12.8. The molecule has 0 saturated heterocycles. The summed E-state index contributed by atoms with van der Waals surface area (Å²) in [5.74, 6) is -2.52. The van der Waals surface area contributed by atoms with Gasteiger partial charge < -0.3 is 10.0 Å². The van der Waals surface area contributed by atoms with Crippen molar-refractivity contribution in [2.45, 2.75) is 19.5 Å². The van der Waals surface area contributed by atoms with Crippen LogP contribution in [0.4, 0.5) is 0 Å². The number of amides is 1. The SMILES string of the molecule is CC(C(=O)C(=O)O)N(C=O)Cc1ccccc1. The fraction of sp³-hybridized carbons (Fsp3) is 0.250.